The third-order valence-electron chi connectivity index (χ3n) is 3.47. The molecule has 0 fully saturated rings. The standard InChI is InChI=1S/C16H18N4O2S/c1-10-17-12(9-23-10)16-18-15(19-20(16)2)8-11-5-6-13(21-3)14(7-11)22-4/h5-7,9H,8H2,1-4H3. The molecule has 0 aliphatic heterocycles. The summed E-state index contributed by atoms with van der Waals surface area (Å²) in [5.41, 5.74) is 1.93. The average molecular weight is 330 g/mol. The smallest absolute Gasteiger partial charge is 0.177 e. The zero-order valence-electron chi connectivity index (χ0n) is 13.5. The molecule has 0 atom stereocenters. The predicted molar refractivity (Wildman–Crippen MR) is 89.2 cm³/mol. The molecule has 3 rings (SSSR count). The molecule has 6 nitrogen and oxygen atoms in total. The molecule has 0 N–H and O–H groups in total. The fraction of sp³-hybridized carbons (Fsp3) is 0.312. The molecule has 0 unspecified atom stereocenters. The summed E-state index contributed by atoms with van der Waals surface area (Å²) < 4.78 is 12.4. The van der Waals surface area contributed by atoms with E-state index in [1.807, 2.05) is 37.6 Å². The van der Waals surface area contributed by atoms with E-state index in [4.69, 9.17) is 9.47 Å². The van der Waals surface area contributed by atoms with Gasteiger partial charge in [0.25, 0.3) is 0 Å². The summed E-state index contributed by atoms with van der Waals surface area (Å²) in [5.74, 6) is 2.95. The number of thiazole rings is 1. The van der Waals surface area contributed by atoms with Crippen molar-refractivity contribution in [3.8, 4) is 23.0 Å². The van der Waals surface area contributed by atoms with Gasteiger partial charge in [-0.05, 0) is 24.6 Å². The summed E-state index contributed by atoms with van der Waals surface area (Å²) in [6.45, 7) is 1.98. The molecule has 2 aromatic heterocycles. The lowest BCUT2D eigenvalue weighted by atomic mass is 10.1. The maximum atomic E-state index is 5.34. The monoisotopic (exact) mass is 330 g/mol. The number of aromatic nitrogens is 4. The molecule has 2 heterocycles. The Kier molecular flexibility index (Phi) is 4.29. The minimum Gasteiger partial charge on any atom is -0.493 e. The fourth-order valence-corrected chi connectivity index (χ4v) is 2.97. The van der Waals surface area contributed by atoms with Gasteiger partial charge in [0.15, 0.2) is 23.1 Å². The Hall–Kier alpha value is -2.41. The van der Waals surface area contributed by atoms with Gasteiger partial charge in [-0.3, -0.25) is 0 Å². The lowest BCUT2D eigenvalue weighted by Gasteiger charge is -2.08. The van der Waals surface area contributed by atoms with Crippen molar-refractivity contribution in [1.82, 2.24) is 19.7 Å². The number of hydrogen-bond acceptors (Lipinski definition) is 6. The van der Waals surface area contributed by atoms with Crippen molar-refractivity contribution in [3.63, 3.8) is 0 Å². The van der Waals surface area contributed by atoms with Crippen molar-refractivity contribution in [1.29, 1.82) is 0 Å². The van der Waals surface area contributed by atoms with E-state index in [2.05, 4.69) is 15.1 Å². The van der Waals surface area contributed by atoms with Crippen LogP contribution in [-0.4, -0.2) is 34.0 Å². The third-order valence-corrected chi connectivity index (χ3v) is 4.24. The molecular weight excluding hydrogens is 312 g/mol. The summed E-state index contributed by atoms with van der Waals surface area (Å²) in [5, 5.41) is 7.51. The van der Waals surface area contributed by atoms with Crippen molar-refractivity contribution < 1.29 is 9.47 Å². The first-order valence-electron chi connectivity index (χ1n) is 7.14. The van der Waals surface area contributed by atoms with Gasteiger partial charge in [-0.15, -0.1) is 11.3 Å². The Morgan fingerprint density at radius 3 is 2.57 bits per heavy atom. The summed E-state index contributed by atoms with van der Waals surface area (Å²) in [4.78, 5) is 9.08. The Balaban J connectivity index is 1.86. The van der Waals surface area contributed by atoms with Crippen LogP contribution in [0.1, 0.15) is 16.4 Å². The Morgan fingerprint density at radius 1 is 1.13 bits per heavy atom. The van der Waals surface area contributed by atoms with Crippen molar-refractivity contribution in [2.45, 2.75) is 13.3 Å². The van der Waals surface area contributed by atoms with Crippen LogP contribution < -0.4 is 9.47 Å². The molecule has 0 aliphatic rings. The van der Waals surface area contributed by atoms with E-state index in [0.29, 0.717) is 17.9 Å². The molecular formula is C16H18N4O2S. The zero-order valence-corrected chi connectivity index (χ0v) is 14.3. The molecule has 1 aromatic carbocycles. The fourth-order valence-electron chi connectivity index (χ4n) is 2.37. The van der Waals surface area contributed by atoms with Crippen molar-refractivity contribution in [3.05, 3.63) is 40.0 Å². The second-order valence-corrected chi connectivity index (χ2v) is 6.16. The van der Waals surface area contributed by atoms with Crippen LogP contribution in [0, 0.1) is 6.92 Å². The lowest BCUT2D eigenvalue weighted by Crippen LogP contribution is -1.96. The maximum absolute atomic E-state index is 5.34. The molecule has 0 saturated heterocycles. The van der Waals surface area contributed by atoms with Crippen molar-refractivity contribution in [2.24, 2.45) is 7.05 Å². The molecule has 0 aliphatic carbocycles. The highest BCUT2D eigenvalue weighted by molar-refractivity contribution is 7.09. The first-order chi connectivity index (χ1) is 11.1. The SMILES string of the molecule is COc1ccc(Cc2nc(-c3csc(C)n3)n(C)n2)cc1OC. The van der Waals surface area contributed by atoms with Crippen molar-refractivity contribution >= 4 is 11.3 Å². The summed E-state index contributed by atoms with van der Waals surface area (Å²) >= 11 is 1.61. The molecule has 120 valence electrons. The van der Waals surface area contributed by atoms with Gasteiger partial charge < -0.3 is 9.47 Å². The van der Waals surface area contributed by atoms with E-state index in [1.165, 1.54) is 0 Å². The molecule has 0 saturated carbocycles. The molecule has 0 bridgehead atoms. The topological polar surface area (TPSA) is 62.1 Å². The number of methoxy groups -OCH3 is 2. The van der Waals surface area contributed by atoms with Crippen molar-refractivity contribution in [2.75, 3.05) is 14.2 Å². The zero-order chi connectivity index (χ0) is 16.4. The summed E-state index contributed by atoms with van der Waals surface area (Å²) in [7, 11) is 5.14. The highest BCUT2D eigenvalue weighted by atomic mass is 32.1. The number of ether oxygens (including phenoxy) is 2. The minimum absolute atomic E-state index is 0.622. The first kappa shape index (κ1) is 15.5. The third kappa shape index (κ3) is 3.19. The Labute approximate surface area is 138 Å². The summed E-state index contributed by atoms with van der Waals surface area (Å²) in [6, 6.07) is 5.83. The van der Waals surface area contributed by atoms with E-state index >= 15 is 0 Å². The van der Waals surface area contributed by atoms with E-state index in [1.54, 1.807) is 30.2 Å². The molecule has 0 amide bonds. The van der Waals surface area contributed by atoms with Crippen LogP contribution in [0.15, 0.2) is 23.6 Å². The normalized spacial score (nSPS) is 10.8. The quantitative estimate of drug-likeness (QED) is 0.720. The Bertz CT molecular complexity index is 825. The Morgan fingerprint density at radius 2 is 1.91 bits per heavy atom. The van der Waals surface area contributed by atoms with E-state index < -0.39 is 0 Å². The minimum atomic E-state index is 0.622. The average Bonchev–Trinajstić information content (AvgIpc) is 3.12. The van der Waals surface area contributed by atoms with E-state index in [-0.39, 0.29) is 0 Å². The van der Waals surface area contributed by atoms with Gasteiger partial charge in [0.1, 0.15) is 5.69 Å². The molecule has 7 heteroatoms. The van der Waals surface area contributed by atoms with Gasteiger partial charge in [-0.25, -0.2) is 14.6 Å². The molecule has 3 aromatic rings. The van der Waals surface area contributed by atoms with E-state index in [0.717, 1.165) is 27.9 Å². The first-order valence-corrected chi connectivity index (χ1v) is 8.02. The highest BCUT2D eigenvalue weighted by Crippen LogP contribution is 2.28. The van der Waals surface area contributed by atoms with Crippen LogP contribution in [0.4, 0.5) is 0 Å². The second kappa shape index (κ2) is 6.37. The second-order valence-electron chi connectivity index (χ2n) is 5.09. The van der Waals surface area contributed by atoms with Gasteiger partial charge in [0.2, 0.25) is 0 Å². The predicted octanol–water partition coefficient (Wildman–Crippen LogP) is 2.86. The number of rotatable bonds is 5. The highest BCUT2D eigenvalue weighted by Gasteiger charge is 2.13. The van der Waals surface area contributed by atoms with Gasteiger partial charge in [-0.1, -0.05) is 6.07 Å². The van der Waals surface area contributed by atoms with Gasteiger partial charge in [0, 0.05) is 18.8 Å². The largest absolute Gasteiger partial charge is 0.493 e. The van der Waals surface area contributed by atoms with Crippen LogP contribution in [0.3, 0.4) is 0 Å². The lowest BCUT2D eigenvalue weighted by molar-refractivity contribution is 0.354. The van der Waals surface area contributed by atoms with Crippen LogP contribution >= 0.6 is 11.3 Å². The molecule has 0 radical (unpaired) electrons. The van der Waals surface area contributed by atoms with E-state index in [9.17, 15) is 0 Å². The molecule has 0 spiro atoms. The summed E-state index contributed by atoms with van der Waals surface area (Å²) in [6.07, 6.45) is 0.622. The molecule has 23 heavy (non-hydrogen) atoms. The van der Waals surface area contributed by atoms with Crippen LogP contribution in [0.5, 0.6) is 11.5 Å². The number of hydrogen-bond donors (Lipinski definition) is 0. The van der Waals surface area contributed by atoms with Gasteiger partial charge in [0.05, 0.1) is 19.2 Å². The van der Waals surface area contributed by atoms with Gasteiger partial charge >= 0.3 is 0 Å². The van der Waals surface area contributed by atoms with Crippen LogP contribution in [0.25, 0.3) is 11.5 Å². The van der Waals surface area contributed by atoms with Crippen LogP contribution in [-0.2, 0) is 13.5 Å². The number of aryl methyl sites for hydroxylation is 2. The number of benzene rings is 1. The number of nitrogens with zero attached hydrogens (tertiary/aromatic N) is 4. The van der Waals surface area contributed by atoms with Gasteiger partial charge in [-0.2, -0.15) is 5.10 Å². The maximum Gasteiger partial charge on any atom is 0.177 e. The van der Waals surface area contributed by atoms with Crippen LogP contribution in [0.2, 0.25) is 0 Å².